The molecule has 16 heavy (non-hydrogen) atoms. The minimum absolute atomic E-state index is 0.0324. The Bertz CT molecular complexity index is 272. The Kier molecular flexibility index (Phi) is 3.22. The number of carbonyl (C=O) groups excluding carboxylic acids is 1. The topological polar surface area (TPSA) is 61.4 Å². The van der Waals surface area contributed by atoms with Crippen LogP contribution in [0.1, 0.15) is 39.5 Å². The lowest BCUT2D eigenvalue weighted by molar-refractivity contribution is -0.128. The molecule has 0 aromatic heterocycles. The van der Waals surface area contributed by atoms with Crippen LogP contribution in [-0.2, 0) is 4.79 Å². The maximum absolute atomic E-state index is 12.1. The molecule has 92 valence electrons. The maximum Gasteiger partial charge on any atom is 0.237 e. The van der Waals surface area contributed by atoms with Crippen LogP contribution in [0.25, 0.3) is 0 Å². The first-order valence-electron chi connectivity index (χ1n) is 6.21. The van der Waals surface area contributed by atoms with Gasteiger partial charge in [-0.25, -0.2) is 0 Å². The van der Waals surface area contributed by atoms with Gasteiger partial charge in [-0.05, 0) is 37.6 Å². The summed E-state index contributed by atoms with van der Waals surface area (Å²) in [5, 5.41) is 15.5. The number of nitrogens with one attached hydrogen (secondary N) is 2. The van der Waals surface area contributed by atoms with E-state index in [1.54, 1.807) is 0 Å². The molecule has 0 spiro atoms. The second-order valence-corrected chi connectivity index (χ2v) is 5.81. The van der Waals surface area contributed by atoms with Gasteiger partial charge >= 0.3 is 0 Å². The largest absolute Gasteiger partial charge is 0.393 e. The Morgan fingerprint density at radius 1 is 1.44 bits per heavy atom. The lowest BCUT2D eigenvalue weighted by atomic mass is 9.77. The number of aliphatic hydroxyl groups is 1. The van der Waals surface area contributed by atoms with Gasteiger partial charge in [0.2, 0.25) is 5.91 Å². The predicted octanol–water partition coefficient (Wildman–Crippen LogP) is 0.404. The molecule has 0 aromatic carbocycles. The van der Waals surface area contributed by atoms with Gasteiger partial charge in [0.15, 0.2) is 0 Å². The summed E-state index contributed by atoms with van der Waals surface area (Å²) in [6, 6.07) is 0.0982. The van der Waals surface area contributed by atoms with Crippen molar-refractivity contribution < 1.29 is 9.90 Å². The lowest BCUT2D eigenvalue weighted by Crippen LogP contribution is -2.59. The van der Waals surface area contributed by atoms with E-state index >= 15 is 0 Å². The van der Waals surface area contributed by atoms with Crippen molar-refractivity contribution in [3.63, 3.8) is 0 Å². The number of hydrogen-bond acceptors (Lipinski definition) is 3. The van der Waals surface area contributed by atoms with Crippen LogP contribution in [0.4, 0.5) is 0 Å². The van der Waals surface area contributed by atoms with Crippen LogP contribution in [0.5, 0.6) is 0 Å². The summed E-state index contributed by atoms with van der Waals surface area (Å²) in [6.45, 7) is 5.20. The van der Waals surface area contributed by atoms with Crippen molar-refractivity contribution in [1.29, 1.82) is 0 Å². The van der Waals surface area contributed by atoms with Crippen LogP contribution in [0, 0.1) is 5.41 Å². The van der Waals surface area contributed by atoms with Crippen molar-refractivity contribution in [2.24, 2.45) is 5.41 Å². The van der Waals surface area contributed by atoms with Gasteiger partial charge in [-0.3, -0.25) is 4.79 Å². The molecule has 1 amide bonds. The summed E-state index contributed by atoms with van der Waals surface area (Å²) in [5.74, 6) is 0.0987. The molecule has 1 saturated carbocycles. The Balaban J connectivity index is 1.88. The second kappa shape index (κ2) is 4.34. The third kappa shape index (κ3) is 2.38. The molecule has 0 bridgehead atoms. The van der Waals surface area contributed by atoms with Gasteiger partial charge in [0.25, 0.3) is 0 Å². The molecule has 0 aromatic rings. The molecule has 1 heterocycles. The molecule has 0 radical (unpaired) electrons. The van der Waals surface area contributed by atoms with Gasteiger partial charge in [-0.15, -0.1) is 0 Å². The SMILES string of the molecule is CC1(C)CCCNC1C(=O)NC1CC(O)C1. The number of aliphatic hydroxyl groups excluding tert-OH is 1. The monoisotopic (exact) mass is 226 g/mol. The summed E-state index contributed by atoms with van der Waals surface area (Å²) in [6.07, 6.45) is 3.43. The molecular formula is C12H22N2O2. The molecule has 4 heteroatoms. The molecule has 1 saturated heterocycles. The van der Waals surface area contributed by atoms with Crippen molar-refractivity contribution in [2.75, 3.05) is 6.54 Å². The highest BCUT2D eigenvalue weighted by Gasteiger charge is 2.39. The number of rotatable bonds is 2. The van der Waals surface area contributed by atoms with E-state index in [1.165, 1.54) is 0 Å². The van der Waals surface area contributed by atoms with Gasteiger partial charge in [-0.1, -0.05) is 13.8 Å². The van der Waals surface area contributed by atoms with Crippen molar-refractivity contribution in [3.05, 3.63) is 0 Å². The zero-order valence-corrected chi connectivity index (χ0v) is 10.1. The van der Waals surface area contributed by atoms with Gasteiger partial charge < -0.3 is 15.7 Å². The average Bonchev–Trinajstić information content (AvgIpc) is 2.14. The molecular weight excluding hydrogens is 204 g/mol. The standard InChI is InChI=1S/C12H22N2O2/c1-12(2)4-3-5-13-10(12)11(16)14-8-6-9(15)7-8/h8-10,13,15H,3-7H2,1-2H3,(H,14,16). The van der Waals surface area contributed by atoms with E-state index in [1.807, 2.05) is 0 Å². The van der Waals surface area contributed by atoms with Crippen LogP contribution in [-0.4, -0.2) is 35.7 Å². The first-order chi connectivity index (χ1) is 7.49. The van der Waals surface area contributed by atoms with Gasteiger partial charge in [0.1, 0.15) is 0 Å². The summed E-state index contributed by atoms with van der Waals surface area (Å²) in [5.41, 5.74) is 0.0324. The molecule has 2 fully saturated rings. The van der Waals surface area contributed by atoms with Crippen molar-refractivity contribution in [3.8, 4) is 0 Å². The molecule has 2 aliphatic rings. The minimum atomic E-state index is -0.211. The first kappa shape index (κ1) is 11.9. The normalized spacial score (nSPS) is 37.6. The molecule has 1 aliphatic carbocycles. The lowest BCUT2D eigenvalue weighted by Gasteiger charge is -2.40. The maximum atomic E-state index is 12.1. The fourth-order valence-electron chi connectivity index (χ4n) is 2.65. The van der Waals surface area contributed by atoms with Crippen LogP contribution >= 0.6 is 0 Å². The van der Waals surface area contributed by atoms with Crippen LogP contribution < -0.4 is 10.6 Å². The third-order valence-corrected chi connectivity index (χ3v) is 3.85. The molecule has 3 N–H and O–H groups in total. The smallest absolute Gasteiger partial charge is 0.237 e. The van der Waals surface area contributed by atoms with Crippen LogP contribution in [0.3, 0.4) is 0 Å². The van der Waals surface area contributed by atoms with Gasteiger partial charge in [0, 0.05) is 6.04 Å². The van der Waals surface area contributed by atoms with Gasteiger partial charge in [-0.2, -0.15) is 0 Å². The number of piperidine rings is 1. The summed E-state index contributed by atoms with van der Waals surface area (Å²) < 4.78 is 0. The fourth-order valence-corrected chi connectivity index (χ4v) is 2.65. The van der Waals surface area contributed by atoms with E-state index in [0.29, 0.717) is 12.8 Å². The first-order valence-corrected chi connectivity index (χ1v) is 6.21. The average molecular weight is 226 g/mol. The second-order valence-electron chi connectivity index (χ2n) is 5.81. The highest BCUT2D eigenvalue weighted by atomic mass is 16.3. The number of hydrogen-bond donors (Lipinski definition) is 3. The molecule has 1 unspecified atom stereocenters. The third-order valence-electron chi connectivity index (χ3n) is 3.85. The molecule has 2 rings (SSSR count). The van der Waals surface area contributed by atoms with E-state index in [4.69, 9.17) is 0 Å². The van der Waals surface area contributed by atoms with Crippen molar-refractivity contribution >= 4 is 5.91 Å². The van der Waals surface area contributed by atoms with Crippen molar-refractivity contribution in [1.82, 2.24) is 10.6 Å². The van der Waals surface area contributed by atoms with E-state index in [9.17, 15) is 9.90 Å². The highest BCUT2D eigenvalue weighted by molar-refractivity contribution is 5.83. The molecule has 4 nitrogen and oxygen atoms in total. The summed E-state index contributed by atoms with van der Waals surface area (Å²) >= 11 is 0. The Labute approximate surface area is 96.8 Å². The Hall–Kier alpha value is -0.610. The minimum Gasteiger partial charge on any atom is -0.393 e. The van der Waals surface area contributed by atoms with E-state index in [-0.39, 0.29) is 29.5 Å². The van der Waals surface area contributed by atoms with E-state index in [2.05, 4.69) is 24.5 Å². The number of carbonyl (C=O) groups is 1. The zero-order chi connectivity index (χ0) is 11.8. The molecule has 1 atom stereocenters. The number of amides is 1. The van der Waals surface area contributed by atoms with Crippen LogP contribution in [0.2, 0.25) is 0 Å². The molecule has 1 aliphatic heterocycles. The Morgan fingerprint density at radius 2 is 2.12 bits per heavy atom. The fraction of sp³-hybridized carbons (Fsp3) is 0.917. The summed E-state index contributed by atoms with van der Waals surface area (Å²) in [4.78, 5) is 12.1. The van der Waals surface area contributed by atoms with Gasteiger partial charge in [0.05, 0.1) is 12.1 Å². The Morgan fingerprint density at radius 3 is 2.69 bits per heavy atom. The predicted molar refractivity (Wildman–Crippen MR) is 62.0 cm³/mol. The quantitative estimate of drug-likeness (QED) is 0.639. The zero-order valence-electron chi connectivity index (χ0n) is 10.1. The van der Waals surface area contributed by atoms with E-state index < -0.39 is 0 Å². The highest BCUT2D eigenvalue weighted by Crippen LogP contribution is 2.30. The van der Waals surface area contributed by atoms with E-state index in [0.717, 1.165) is 19.4 Å². The summed E-state index contributed by atoms with van der Waals surface area (Å²) in [7, 11) is 0. The van der Waals surface area contributed by atoms with Crippen LogP contribution in [0.15, 0.2) is 0 Å². The van der Waals surface area contributed by atoms with Crippen molar-refractivity contribution in [2.45, 2.75) is 57.7 Å².